The smallest absolute Gasteiger partial charge is 0.320 e. The van der Waals surface area contributed by atoms with Gasteiger partial charge in [-0.1, -0.05) is 31.2 Å². The van der Waals surface area contributed by atoms with E-state index in [1.54, 1.807) is 12.0 Å². The third-order valence-corrected chi connectivity index (χ3v) is 6.36. The average Bonchev–Trinajstić information content (AvgIpc) is 3.24. The molecule has 2 fully saturated rings. The number of urea groups is 1. The van der Waals surface area contributed by atoms with Crippen LogP contribution in [0.3, 0.4) is 0 Å². The lowest BCUT2D eigenvalue weighted by atomic mass is 9.82. The van der Waals surface area contributed by atoms with Gasteiger partial charge in [-0.15, -0.1) is 0 Å². The van der Waals surface area contributed by atoms with E-state index in [2.05, 4.69) is 47.5 Å². The zero-order valence-corrected chi connectivity index (χ0v) is 17.9. The number of H-pyrrole nitrogens is 1. The predicted molar refractivity (Wildman–Crippen MR) is 115 cm³/mol. The van der Waals surface area contributed by atoms with Gasteiger partial charge in [0.15, 0.2) is 0 Å². The van der Waals surface area contributed by atoms with Crippen molar-refractivity contribution in [1.29, 1.82) is 0 Å². The largest absolute Gasteiger partial charge is 0.389 e. The molecule has 0 bridgehead atoms. The van der Waals surface area contributed by atoms with E-state index in [1.807, 2.05) is 4.90 Å². The Kier molecular flexibility index (Phi) is 6.39. The summed E-state index contributed by atoms with van der Waals surface area (Å²) in [6, 6.07) is 10.9. The molecule has 2 aliphatic heterocycles. The highest BCUT2D eigenvalue weighted by atomic mass is 16.5. The van der Waals surface area contributed by atoms with E-state index in [0.717, 1.165) is 30.7 Å². The Labute approximate surface area is 178 Å². The molecular weight excluding hydrogens is 380 g/mol. The zero-order chi connectivity index (χ0) is 21.1. The molecule has 2 N–H and O–H groups in total. The van der Waals surface area contributed by atoms with Gasteiger partial charge in [0.1, 0.15) is 0 Å². The second kappa shape index (κ2) is 9.18. The number of aromatic nitrogens is 2. The molecule has 1 aromatic carbocycles. The normalized spacial score (nSPS) is 22.2. The molecule has 0 saturated carbocycles. The van der Waals surface area contributed by atoms with Crippen LogP contribution in [0.15, 0.2) is 30.3 Å². The Morgan fingerprint density at radius 3 is 2.53 bits per heavy atom. The fourth-order valence-corrected chi connectivity index (χ4v) is 4.48. The van der Waals surface area contributed by atoms with Gasteiger partial charge in [-0.05, 0) is 30.0 Å². The fourth-order valence-electron chi connectivity index (χ4n) is 4.48. The van der Waals surface area contributed by atoms with Crippen molar-refractivity contribution in [3.63, 3.8) is 0 Å². The molecule has 3 heterocycles. The zero-order valence-electron chi connectivity index (χ0n) is 17.9. The van der Waals surface area contributed by atoms with E-state index in [9.17, 15) is 9.90 Å². The molecule has 4 rings (SSSR count). The van der Waals surface area contributed by atoms with Crippen LogP contribution in [0.25, 0.3) is 0 Å². The van der Waals surface area contributed by atoms with Crippen LogP contribution in [0, 0.1) is 0 Å². The van der Waals surface area contributed by atoms with Crippen molar-refractivity contribution in [3.8, 4) is 0 Å². The van der Waals surface area contributed by atoms with Crippen LogP contribution < -0.4 is 0 Å². The number of aromatic amines is 1. The monoisotopic (exact) mass is 412 g/mol. The lowest BCUT2D eigenvalue weighted by molar-refractivity contribution is 0.0116. The van der Waals surface area contributed by atoms with E-state index in [1.165, 1.54) is 11.1 Å². The number of ether oxygens (including phenoxy) is 1. The molecule has 0 spiro atoms. The van der Waals surface area contributed by atoms with Gasteiger partial charge in [0.25, 0.3) is 0 Å². The van der Waals surface area contributed by atoms with Crippen LogP contribution in [0.4, 0.5) is 4.79 Å². The Hall–Kier alpha value is -2.38. The van der Waals surface area contributed by atoms with Gasteiger partial charge in [0.2, 0.25) is 0 Å². The molecule has 2 saturated heterocycles. The van der Waals surface area contributed by atoms with Gasteiger partial charge in [-0.3, -0.25) is 5.10 Å². The molecule has 2 aliphatic rings. The number of amides is 2. The van der Waals surface area contributed by atoms with Crippen LogP contribution in [-0.2, 0) is 17.6 Å². The summed E-state index contributed by atoms with van der Waals surface area (Å²) < 4.78 is 5.17. The van der Waals surface area contributed by atoms with E-state index in [0.29, 0.717) is 32.8 Å². The summed E-state index contributed by atoms with van der Waals surface area (Å²) in [7, 11) is 1.70. The summed E-state index contributed by atoms with van der Waals surface area (Å²) >= 11 is 0. The number of piperidine rings is 1. The van der Waals surface area contributed by atoms with Crippen molar-refractivity contribution < 1.29 is 14.6 Å². The maximum absolute atomic E-state index is 13.0. The third kappa shape index (κ3) is 4.52. The van der Waals surface area contributed by atoms with Gasteiger partial charge < -0.3 is 19.6 Å². The number of nitrogens with one attached hydrogen (secondary N) is 1. The first-order chi connectivity index (χ1) is 14.6. The first kappa shape index (κ1) is 20.9. The highest BCUT2D eigenvalue weighted by Gasteiger charge is 2.38. The summed E-state index contributed by atoms with van der Waals surface area (Å²) in [6.45, 7) is 5.03. The van der Waals surface area contributed by atoms with E-state index < -0.39 is 0 Å². The number of aryl methyl sites for hydroxylation is 1. The van der Waals surface area contributed by atoms with E-state index in [-0.39, 0.29) is 24.0 Å². The van der Waals surface area contributed by atoms with Gasteiger partial charge >= 0.3 is 6.03 Å². The highest BCUT2D eigenvalue weighted by Crippen LogP contribution is 2.36. The Morgan fingerprint density at radius 2 is 1.87 bits per heavy atom. The summed E-state index contributed by atoms with van der Waals surface area (Å²) in [5, 5.41) is 17.3. The number of aliphatic hydroxyl groups is 1. The lowest BCUT2D eigenvalue weighted by Gasteiger charge is -2.43. The number of hydrogen-bond acceptors (Lipinski definition) is 4. The average molecular weight is 413 g/mol. The molecule has 1 aromatic heterocycles. The molecule has 7 nitrogen and oxygen atoms in total. The molecule has 2 aromatic rings. The summed E-state index contributed by atoms with van der Waals surface area (Å²) in [5.74, 6) is 0.446. The summed E-state index contributed by atoms with van der Waals surface area (Å²) in [4.78, 5) is 16.7. The molecule has 2 unspecified atom stereocenters. The number of hydrogen-bond donors (Lipinski definition) is 2. The Bertz CT molecular complexity index is 844. The number of likely N-dealkylation sites (tertiary alicyclic amines) is 2. The maximum atomic E-state index is 13.0. The SMILES string of the molecule is CCc1ccc(C2CC(c3cc(CCOC)[nH]n3)CN(C(=O)N3CC(O)C3)C2)cc1. The van der Waals surface area contributed by atoms with Crippen molar-refractivity contribution in [1.82, 2.24) is 20.0 Å². The standard InChI is InChI=1S/C23H32N4O3/c1-3-16-4-6-17(7-5-16)18-10-19(22-11-20(24-25-22)8-9-30-2)13-26(12-18)23(29)27-14-21(28)15-27/h4-7,11,18-19,21,28H,3,8-10,12-15H2,1-2H3,(H,24,25). The van der Waals surface area contributed by atoms with Crippen LogP contribution in [0.5, 0.6) is 0 Å². The number of nitrogens with zero attached hydrogens (tertiary/aromatic N) is 3. The van der Waals surface area contributed by atoms with Crippen molar-refractivity contribution in [3.05, 3.63) is 52.8 Å². The van der Waals surface area contributed by atoms with Crippen molar-refractivity contribution in [2.45, 2.75) is 44.1 Å². The predicted octanol–water partition coefficient (Wildman–Crippen LogP) is 2.53. The lowest BCUT2D eigenvalue weighted by Crippen LogP contribution is -2.59. The minimum absolute atomic E-state index is 0.0234. The van der Waals surface area contributed by atoms with Crippen molar-refractivity contribution in [2.75, 3.05) is 39.9 Å². The summed E-state index contributed by atoms with van der Waals surface area (Å²) in [6.07, 6.45) is 2.40. The first-order valence-electron chi connectivity index (χ1n) is 10.9. The van der Waals surface area contributed by atoms with Crippen molar-refractivity contribution >= 4 is 6.03 Å². The number of carbonyl (C=O) groups is 1. The Balaban J connectivity index is 1.54. The molecule has 0 radical (unpaired) electrons. The molecule has 162 valence electrons. The second-order valence-electron chi connectivity index (χ2n) is 8.53. The summed E-state index contributed by atoms with van der Waals surface area (Å²) in [5.41, 5.74) is 4.67. The molecule has 30 heavy (non-hydrogen) atoms. The molecule has 2 atom stereocenters. The quantitative estimate of drug-likeness (QED) is 0.764. The fraction of sp³-hybridized carbons (Fsp3) is 0.565. The molecular formula is C23H32N4O3. The maximum Gasteiger partial charge on any atom is 0.320 e. The van der Waals surface area contributed by atoms with Crippen LogP contribution >= 0.6 is 0 Å². The Morgan fingerprint density at radius 1 is 1.17 bits per heavy atom. The molecule has 2 amide bonds. The topological polar surface area (TPSA) is 81.7 Å². The highest BCUT2D eigenvalue weighted by molar-refractivity contribution is 5.75. The van der Waals surface area contributed by atoms with Crippen LogP contribution in [0.1, 0.15) is 47.7 Å². The van der Waals surface area contributed by atoms with Crippen molar-refractivity contribution in [2.24, 2.45) is 0 Å². The number of carbonyl (C=O) groups excluding carboxylic acids is 1. The molecule has 7 heteroatoms. The van der Waals surface area contributed by atoms with Gasteiger partial charge in [-0.25, -0.2) is 4.79 Å². The van der Waals surface area contributed by atoms with Crippen LogP contribution in [-0.4, -0.2) is 77.1 Å². The first-order valence-corrected chi connectivity index (χ1v) is 10.9. The van der Waals surface area contributed by atoms with E-state index >= 15 is 0 Å². The van der Waals surface area contributed by atoms with E-state index in [4.69, 9.17) is 4.74 Å². The minimum Gasteiger partial charge on any atom is -0.389 e. The van der Waals surface area contributed by atoms with Gasteiger partial charge in [-0.2, -0.15) is 5.10 Å². The number of β-amino-alcohol motifs (C(OH)–C–C–N with tert-alkyl or cyclic N) is 1. The number of methoxy groups -OCH3 is 1. The number of aliphatic hydroxyl groups excluding tert-OH is 1. The van der Waals surface area contributed by atoms with Gasteiger partial charge in [0.05, 0.1) is 31.5 Å². The molecule has 0 aliphatic carbocycles. The van der Waals surface area contributed by atoms with Crippen LogP contribution in [0.2, 0.25) is 0 Å². The minimum atomic E-state index is -0.387. The third-order valence-electron chi connectivity index (χ3n) is 6.36. The van der Waals surface area contributed by atoms with Gasteiger partial charge in [0, 0.05) is 44.1 Å². The number of rotatable bonds is 6. The second-order valence-corrected chi connectivity index (χ2v) is 8.53. The number of benzene rings is 1.